The smallest absolute Gasteiger partial charge is 0.172 e. The highest BCUT2D eigenvalue weighted by Gasteiger charge is 2.39. The Labute approximate surface area is 108 Å². The molecule has 1 aromatic rings. The van der Waals surface area contributed by atoms with E-state index in [0.717, 1.165) is 38.8 Å². The maximum Gasteiger partial charge on any atom is 0.172 e. The van der Waals surface area contributed by atoms with Crippen molar-refractivity contribution in [3.63, 3.8) is 0 Å². The molecule has 0 bridgehead atoms. The van der Waals surface area contributed by atoms with Crippen molar-refractivity contribution >= 4 is 11.5 Å². The second-order valence-electron chi connectivity index (χ2n) is 5.07. The van der Waals surface area contributed by atoms with E-state index in [9.17, 15) is 4.79 Å². The van der Waals surface area contributed by atoms with Gasteiger partial charge in [-0.1, -0.05) is 13.3 Å². The maximum atomic E-state index is 12.8. The molecule has 98 valence electrons. The van der Waals surface area contributed by atoms with Crippen LogP contribution < -0.4 is 11.1 Å². The molecule has 18 heavy (non-hydrogen) atoms. The Morgan fingerprint density at radius 2 is 2.22 bits per heavy atom. The van der Waals surface area contributed by atoms with Gasteiger partial charge in [0.1, 0.15) is 0 Å². The van der Waals surface area contributed by atoms with E-state index in [2.05, 4.69) is 17.2 Å². The fourth-order valence-corrected chi connectivity index (χ4v) is 2.86. The van der Waals surface area contributed by atoms with E-state index >= 15 is 0 Å². The highest BCUT2D eigenvalue weighted by molar-refractivity contribution is 6.04. The van der Waals surface area contributed by atoms with Gasteiger partial charge in [-0.15, -0.1) is 0 Å². The number of hydrogen-bond donors (Lipinski definition) is 2. The van der Waals surface area contributed by atoms with Crippen LogP contribution in [0, 0.1) is 5.41 Å². The molecule has 1 aliphatic rings. The third-order valence-electron chi connectivity index (χ3n) is 3.87. The number of anilines is 1. The topological polar surface area (TPSA) is 68.0 Å². The number of rotatable bonds is 4. The lowest BCUT2D eigenvalue weighted by Crippen LogP contribution is -2.42. The first-order chi connectivity index (χ1) is 8.69. The first kappa shape index (κ1) is 13.0. The summed E-state index contributed by atoms with van der Waals surface area (Å²) in [6.07, 6.45) is 6.98. The number of pyridine rings is 1. The molecule has 1 saturated heterocycles. The minimum absolute atomic E-state index is 0.177. The summed E-state index contributed by atoms with van der Waals surface area (Å²) >= 11 is 0. The normalized spacial score (nSPS) is 18.5. The van der Waals surface area contributed by atoms with Crippen LogP contribution in [0.4, 0.5) is 5.69 Å². The lowest BCUT2D eigenvalue weighted by atomic mass is 9.70. The summed E-state index contributed by atoms with van der Waals surface area (Å²) in [4.78, 5) is 16.8. The SMILES string of the molecule is CCCC1(C(=O)c2cnccc2N)CCNCC1. The molecule has 3 N–H and O–H groups in total. The van der Waals surface area contributed by atoms with Gasteiger partial charge in [-0.05, 0) is 38.4 Å². The number of nitrogens with one attached hydrogen (secondary N) is 1. The number of nitrogen functional groups attached to an aromatic ring is 1. The predicted molar refractivity (Wildman–Crippen MR) is 72.4 cm³/mol. The van der Waals surface area contributed by atoms with Crippen LogP contribution in [0.1, 0.15) is 43.0 Å². The third kappa shape index (κ3) is 2.38. The largest absolute Gasteiger partial charge is 0.398 e. The number of carbonyl (C=O) groups excluding carboxylic acids is 1. The Kier molecular flexibility index (Phi) is 3.97. The van der Waals surface area contributed by atoms with Crippen molar-refractivity contribution < 1.29 is 4.79 Å². The molecule has 0 spiro atoms. The molecule has 0 atom stereocenters. The van der Waals surface area contributed by atoms with Crippen LogP contribution in [0.2, 0.25) is 0 Å². The van der Waals surface area contributed by atoms with Crippen LogP contribution in [0.5, 0.6) is 0 Å². The van der Waals surface area contributed by atoms with Crippen molar-refractivity contribution in [2.75, 3.05) is 18.8 Å². The monoisotopic (exact) mass is 247 g/mol. The maximum absolute atomic E-state index is 12.8. The molecule has 0 saturated carbocycles. The van der Waals surface area contributed by atoms with Gasteiger partial charge in [-0.25, -0.2) is 0 Å². The first-order valence-corrected chi connectivity index (χ1v) is 6.64. The molecule has 4 nitrogen and oxygen atoms in total. The van der Waals surface area contributed by atoms with E-state index in [1.54, 1.807) is 18.5 Å². The Morgan fingerprint density at radius 1 is 1.50 bits per heavy atom. The Morgan fingerprint density at radius 3 is 2.83 bits per heavy atom. The lowest BCUT2D eigenvalue weighted by molar-refractivity contribution is 0.0705. The van der Waals surface area contributed by atoms with Gasteiger partial charge in [0, 0.05) is 23.5 Å². The Balaban J connectivity index is 2.31. The molecule has 0 aliphatic carbocycles. The van der Waals surface area contributed by atoms with Crippen LogP contribution in [0.25, 0.3) is 0 Å². The Hall–Kier alpha value is -1.42. The zero-order valence-corrected chi connectivity index (χ0v) is 10.9. The number of ketones is 1. The van der Waals surface area contributed by atoms with Crippen LogP contribution in [0.15, 0.2) is 18.5 Å². The van der Waals surface area contributed by atoms with Gasteiger partial charge in [0.25, 0.3) is 0 Å². The van der Waals surface area contributed by atoms with Gasteiger partial charge in [0.15, 0.2) is 5.78 Å². The quantitative estimate of drug-likeness (QED) is 0.799. The highest BCUT2D eigenvalue weighted by Crippen LogP contribution is 2.38. The number of hydrogen-bond acceptors (Lipinski definition) is 4. The van der Waals surface area contributed by atoms with Gasteiger partial charge in [0.2, 0.25) is 0 Å². The number of carbonyl (C=O) groups is 1. The second kappa shape index (κ2) is 5.48. The van der Waals surface area contributed by atoms with Gasteiger partial charge in [-0.3, -0.25) is 9.78 Å². The number of nitrogens with zero attached hydrogens (tertiary/aromatic N) is 1. The van der Waals surface area contributed by atoms with Crippen LogP contribution in [-0.4, -0.2) is 23.9 Å². The van der Waals surface area contributed by atoms with Crippen molar-refractivity contribution in [1.82, 2.24) is 10.3 Å². The van der Waals surface area contributed by atoms with E-state index < -0.39 is 0 Å². The minimum atomic E-state index is -0.239. The molecule has 0 radical (unpaired) electrons. The number of piperidine rings is 1. The summed E-state index contributed by atoms with van der Waals surface area (Å²) in [6, 6.07) is 1.70. The van der Waals surface area contributed by atoms with Crippen molar-refractivity contribution in [3.8, 4) is 0 Å². The molecular weight excluding hydrogens is 226 g/mol. The van der Waals surface area contributed by atoms with E-state index in [-0.39, 0.29) is 11.2 Å². The molecule has 0 amide bonds. The average molecular weight is 247 g/mol. The zero-order chi connectivity index (χ0) is 13.0. The summed E-state index contributed by atoms with van der Waals surface area (Å²) in [7, 11) is 0. The average Bonchev–Trinajstić information content (AvgIpc) is 2.40. The molecule has 4 heteroatoms. The first-order valence-electron chi connectivity index (χ1n) is 6.64. The fourth-order valence-electron chi connectivity index (χ4n) is 2.86. The number of aromatic nitrogens is 1. The van der Waals surface area contributed by atoms with Crippen molar-refractivity contribution in [2.45, 2.75) is 32.6 Å². The molecular formula is C14H21N3O. The van der Waals surface area contributed by atoms with E-state index in [1.165, 1.54) is 0 Å². The van der Waals surface area contributed by atoms with E-state index in [1.807, 2.05) is 0 Å². The predicted octanol–water partition coefficient (Wildman–Crippen LogP) is 2.02. The number of Topliss-reactive ketones (excluding diaryl/α,β-unsaturated/α-hetero) is 1. The van der Waals surface area contributed by atoms with Crippen LogP contribution >= 0.6 is 0 Å². The fraction of sp³-hybridized carbons (Fsp3) is 0.571. The minimum Gasteiger partial charge on any atom is -0.398 e. The van der Waals surface area contributed by atoms with Crippen molar-refractivity contribution in [3.05, 3.63) is 24.0 Å². The summed E-state index contributed by atoms with van der Waals surface area (Å²) in [5, 5.41) is 3.32. The highest BCUT2D eigenvalue weighted by atomic mass is 16.1. The molecule has 1 aromatic heterocycles. The zero-order valence-electron chi connectivity index (χ0n) is 10.9. The Bertz CT molecular complexity index is 419. The van der Waals surface area contributed by atoms with Crippen molar-refractivity contribution in [2.24, 2.45) is 5.41 Å². The summed E-state index contributed by atoms with van der Waals surface area (Å²) in [5.41, 5.74) is 6.80. The molecule has 0 unspecified atom stereocenters. The van der Waals surface area contributed by atoms with Gasteiger partial charge < -0.3 is 11.1 Å². The molecule has 2 heterocycles. The third-order valence-corrected chi connectivity index (χ3v) is 3.87. The standard InChI is InChI=1S/C14H21N3O/c1-2-4-14(5-8-16-9-6-14)13(18)11-10-17-7-3-12(11)15/h3,7,10,16H,2,4-6,8-9H2,1H3,(H2,15,17). The van der Waals surface area contributed by atoms with Gasteiger partial charge in [0.05, 0.1) is 5.56 Å². The summed E-state index contributed by atoms with van der Waals surface area (Å²) in [5.74, 6) is 0.177. The second-order valence-corrected chi connectivity index (χ2v) is 5.07. The van der Waals surface area contributed by atoms with Crippen molar-refractivity contribution in [1.29, 1.82) is 0 Å². The van der Waals surface area contributed by atoms with E-state index in [0.29, 0.717) is 11.3 Å². The summed E-state index contributed by atoms with van der Waals surface area (Å²) in [6.45, 7) is 3.95. The number of nitrogens with two attached hydrogens (primary N) is 1. The molecule has 1 aliphatic heterocycles. The van der Waals surface area contributed by atoms with Gasteiger partial charge >= 0.3 is 0 Å². The van der Waals surface area contributed by atoms with Gasteiger partial charge in [-0.2, -0.15) is 0 Å². The lowest BCUT2D eigenvalue weighted by Gasteiger charge is -2.36. The van der Waals surface area contributed by atoms with Crippen LogP contribution in [-0.2, 0) is 0 Å². The van der Waals surface area contributed by atoms with E-state index in [4.69, 9.17) is 5.73 Å². The molecule has 2 rings (SSSR count). The molecule has 1 fully saturated rings. The summed E-state index contributed by atoms with van der Waals surface area (Å²) < 4.78 is 0. The van der Waals surface area contributed by atoms with Crippen LogP contribution in [0.3, 0.4) is 0 Å². The molecule has 0 aromatic carbocycles.